The average molecular weight is 492 g/mol. The molecule has 34 heavy (non-hydrogen) atoms. The number of carbonyl (C=O) groups is 1. The van der Waals surface area contributed by atoms with Crippen molar-refractivity contribution in [3.05, 3.63) is 81.2 Å². The van der Waals surface area contributed by atoms with Crippen molar-refractivity contribution in [1.82, 2.24) is 4.31 Å². The lowest BCUT2D eigenvalue weighted by Crippen LogP contribution is -2.50. The van der Waals surface area contributed by atoms with Crippen LogP contribution in [-0.2, 0) is 40.6 Å². The van der Waals surface area contributed by atoms with Gasteiger partial charge < -0.3 is 5.32 Å². The Hall–Kier alpha value is -2.99. The van der Waals surface area contributed by atoms with Crippen LogP contribution in [0.1, 0.15) is 45.5 Å². The number of hydrogen-bond donors (Lipinski definition) is 1. The standard InChI is InChI=1S/C26H25N3O3S2/c1-17-10-12-20(13-11-17)34(31,32)29-16-19-7-3-2-6-18(19)14-23(29)25(30)28-26-22(15-27)21-8-4-5-9-24(21)33-26/h2-3,6-7,10-13,23H,4-5,8-9,14,16H2,1H3,(H,28,30)/t23-/m0/s1. The summed E-state index contributed by atoms with van der Waals surface area (Å²) >= 11 is 1.45. The Balaban J connectivity index is 1.51. The number of carbonyl (C=O) groups excluding carboxylic acids is 1. The molecular weight excluding hydrogens is 466 g/mol. The molecule has 8 heteroatoms. The summed E-state index contributed by atoms with van der Waals surface area (Å²) in [4.78, 5) is 14.9. The summed E-state index contributed by atoms with van der Waals surface area (Å²) in [6, 6.07) is 15.7. The summed E-state index contributed by atoms with van der Waals surface area (Å²) in [7, 11) is -3.92. The number of nitrogens with one attached hydrogen (secondary N) is 1. The molecular formula is C26H25N3O3S2. The number of aryl methyl sites for hydroxylation is 2. The van der Waals surface area contributed by atoms with E-state index in [9.17, 15) is 18.5 Å². The Bertz CT molecular complexity index is 1400. The molecule has 0 saturated carbocycles. The Labute approximate surface area is 203 Å². The Kier molecular flexibility index (Phi) is 6.02. The highest BCUT2D eigenvalue weighted by molar-refractivity contribution is 7.89. The van der Waals surface area contributed by atoms with Crippen molar-refractivity contribution in [3.63, 3.8) is 0 Å². The molecule has 6 nitrogen and oxygen atoms in total. The van der Waals surface area contributed by atoms with Crippen LogP contribution in [-0.4, -0.2) is 24.7 Å². The zero-order chi connectivity index (χ0) is 23.9. The van der Waals surface area contributed by atoms with Gasteiger partial charge in [0.15, 0.2) is 0 Å². The molecule has 0 spiro atoms. The number of fused-ring (bicyclic) bond motifs is 2. The third-order valence-electron chi connectivity index (χ3n) is 6.66. The molecule has 1 aliphatic carbocycles. The van der Waals surface area contributed by atoms with Crippen molar-refractivity contribution in [2.24, 2.45) is 0 Å². The Morgan fingerprint density at radius 3 is 2.53 bits per heavy atom. The first-order chi connectivity index (χ1) is 16.4. The lowest BCUT2D eigenvalue weighted by Gasteiger charge is -2.35. The number of rotatable bonds is 4. The maximum Gasteiger partial charge on any atom is 0.244 e. The molecule has 0 saturated heterocycles. The molecule has 1 aliphatic heterocycles. The lowest BCUT2D eigenvalue weighted by molar-refractivity contribution is -0.120. The van der Waals surface area contributed by atoms with E-state index in [-0.39, 0.29) is 17.9 Å². The van der Waals surface area contributed by atoms with Crippen LogP contribution in [0.3, 0.4) is 0 Å². The molecule has 1 atom stereocenters. The van der Waals surface area contributed by atoms with E-state index in [1.165, 1.54) is 15.6 Å². The summed E-state index contributed by atoms with van der Waals surface area (Å²) < 4.78 is 28.6. The van der Waals surface area contributed by atoms with Gasteiger partial charge in [-0.05, 0) is 67.9 Å². The second-order valence-electron chi connectivity index (χ2n) is 8.87. The molecule has 3 aromatic rings. The highest BCUT2D eigenvalue weighted by atomic mass is 32.2. The van der Waals surface area contributed by atoms with Gasteiger partial charge in [-0.2, -0.15) is 9.57 Å². The minimum atomic E-state index is -3.92. The van der Waals surface area contributed by atoms with Crippen LogP contribution in [0.2, 0.25) is 0 Å². The van der Waals surface area contributed by atoms with Crippen LogP contribution in [0.4, 0.5) is 5.00 Å². The van der Waals surface area contributed by atoms with Gasteiger partial charge >= 0.3 is 0 Å². The summed E-state index contributed by atoms with van der Waals surface area (Å²) in [5.41, 5.74) is 4.38. The van der Waals surface area contributed by atoms with Crippen LogP contribution in [0.25, 0.3) is 0 Å². The zero-order valence-electron chi connectivity index (χ0n) is 18.9. The van der Waals surface area contributed by atoms with Gasteiger partial charge in [0.25, 0.3) is 0 Å². The molecule has 0 unspecified atom stereocenters. The van der Waals surface area contributed by atoms with E-state index in [4.69, 9.17) is 0 Å². The molecule has 2 aliphatic rings. The van der Waals surface area contributed by atoms with E-state index in [1.807, 2.05) is 31.2 Å². The lowest BCUT2D eigenvalue weighted by atomic mass is 9.95. The van der Waals surface area contributed by atoms with Crippen molar-refractivity contribution in [1.29, 1.82) is 5.26 Å². The van der Waals surface area contributed by atoms with E-state index in [0.29, 0.717) is 10.6 Å². The highest BCUT2D eigenvalue weighted by Gasteiger charge is 2.40. The number of hydrogen-bond acceptors (Lipinski definition) is 5. The minimum Gasteiger partial charge on any atom is -0.315 e. The van der Waals surface area contributed by atoms with Gasteiger partial charge in [0, 0.05) is 11.4 Å². The predicted octanol–water partition coefficient (Wildman–Crippen LogP) is 4.56. The first kappa shape index (κ1) is 22.8. The van der Waals surface area contributed by atoms with Gasteiger partial charge in [0.05, 0.1) is 10.5 Å². The first-order valence-corrected chi connectivity index (χ1v) is 13.6. The molecule has 5 rings (SSSR count). The van der Waals surface area contributed by atoms with Crippen LogP contribution < -0.4 is 5.32 Å². The second-order valence-corrected chi connectivity index (χ2v) is 11.9. The fraction of sp³-hybridized carbons (Fsp3) is 0.308. The second kappa shape index (κ2) is 8.99. The predicted molar refractivity (Wildman–Crippen MR) is 132 cm³/mol. The molecule has 0 radical (unpaired) electrons. The molecule has 0 fully saturated rings. The van der Waals surface area contributed by atoms with Crippen molar-refractivity contribution in [2.75, 3.05) is 5.32 Å². The first-order valence-electron chi connectivity index (χ1n) is 11.4. The molecule has 1 amide bonds. The molecule has 0 bridgehead atoms. The van der Waals surface area contributed by atoms with E-state index in [1.54, 1.807) is 24.3 Å². The van der Waals surface area contributed by atoms with Gasteiger partial charge in [-0.15, -0.1) is 11.3 Å². The van der Waals surface area contributed by atoms with Crippen LogP contribution in [0, 0.1) is 18.3 Å². The third kappa shape index (κ3) is 4.05. The molecule has 2 aromatic carbocycles. The van der Waals surface area contributed by atoms with Gasteiger partial charge in [0.1, 0.15) is 17.1 Å². The van der Waals surface area contributed by atoms with Crippen LogP contribution >= 0.6 is 11.3 Å². The maximum atomic E-state index is 13.7. The topological polar surface area (TPSA) is 90.3 Å². The molecule has 1 N–H and O–H groups in total. The summed E-state index contributed by atoms with van der Waals surface area (Å²) in [6.07, 6.45) is 4.15. The van der Waals surface area contributed by atoms with Crippen molar-refractivity contribution in [2.45, 2.75) is 56.5 Å². The zero-order valence-corrected chi connectivity index (χ0v) is 20.5. The summed E-state index contributed by atoms with van der Waals surface area (Å²) in [5, 5.41) is 13.2. The fourth-order valence-electron chi connectivity index (χ4n) is 4.79. The van der Waals surface area contributed by atoms with E-state index in [2.05, 4.69) is 11.4 Å². The fourth-order valence-corrected chi connectivity index (χ4v) is 7.60. The van der Waals surface area contributed by atoms with Gasteiger partial charge in [0.2, 0.25) is 15.9 Å². The largest absolute Gasteiger partial charge is 0.315 e. The van der Waals surface area contributed by atoms with Crippen LogP contribution in [0.5, 0.6) is 0 Å². The Morgan fingerprint density at radius 2 is 1.79 bits per heavy atom. The van der Waals surface area contributed by atoms with E-state index < -0.39 is 22.0 Å². The van der Waals surface area contributed by atoms with E-state index >= 15 is 0 Å². The number of amides is 1. The smallest absolute Gasteiger partial charge is 0.244 e. The number of benzene rings is 2. The van der Waals surface area contributed by atoms with Crippen LogP contribution in [0.15, 0.2) is 53.4 Å². The molecule has 1 aromatic heterocycles. The normalized spacial score (nSPS) is 17.9. The number of nitrogens with zero attached hydrogens (tertiary/aromatic N) is 2. The number of anilines is 1. The number of nitriles is 1. The van der Waals surface area contributed by atoms with Gasteiger partial charge in [-0.3, -0.25) is 4.79 Å². The number of thiophene rings is 1. The van der Waals surface area contributed by atoms with Crippen molar-refractivity contribution in [3.8, 4) is 6.07 Å². The minimum absolute atomic E-state index is 0.122. The average Bonchev–Trinajstić information content (AvgIpc) is 3.20. The Morgan fingerprint density at radius 1 is 1.09 bits per heavy atom. The van der Waals surface area contributed by atoms with E-state index in [0.717, 1.165) is 52.8 Å². The summed E-state index contributed by atoms with van der Waals surface area (Å²) in [6.45, 7) is 2.02. The maximum absolute atomic E-state index is 13.7. The van der Waals surface area contributed by atoms with Gasteiger partial charge in [-0.25, -0.2) is 8.42 Å². The number of sulfonamides is 1. The molecule has 2 heterocycles. The van der Waals surface area contributed by atoms with Crippen molar-refractivity contribution >= 4 is 32.3 Å². The van der Waals surface area contributed by atoms with Gasteiger partial charge in [-0.1, -0.05) is 42.0 Å². The SMILES string of the molecule is Cc1ccc(S(=O)(=O)N2Cc3ccccc3C[C@H]2C(=O)Nc2sc3c(c2C#N)CCCC3)cc1. The quantitative estimate of drug-likeness (QED) is 0.579. The summed E-state index contributed by atoms with van der Waals surface area (Å²) in [5.74, 6) is -0.403. The van der Waals surface area contributed by atoms with Crippen molar-refractivity contribution < 1.29 is 13.2 Å². The monoisotopic (exact) mass is 491 g/mol. The third-order valence-corrected chi connectivity index (χ3v) is 9.73. The highest BCUT2D eigenvalue weighted by Crippen LogP contribution is 2.38. The molecule has 174 valence electrons.